The largest absolute Gasteiger partial charge is 0.479 e. The highest BCUT2D eigenvalue weighted by Gasteiger charge is 2.15. The molecule has 0 fully saturated rings. The van der Waals surface area contributed by atoms with Crippen LogP contribution in [-0.2, 0) is 4.79 Å². The molecule has 104 valence electrons. The van der Waals surface area contributed by atoms with E-state index < -0.39 is 12.1 Å². The van der Waals surface area contributed by atoms with Gasteiger partial charge >= 0.3 is 5.97 Å². The molecular formula is C14H19NO4. The summed E-state index contributed by atoms with van der Waals surface area (Å²) in [5.74, 6) is -0.744. The lowest BCUT2D eigenvalue weighted by atomic mass is 10.2. The van der Waals surface area contributed by atoms with E-state index in [0.29, 0.717) is 24.4 Å². The van der Waals surface area contributed by atoms with E-state index in [-0.39, 0.29) is 5.91 Å². The molecule has 0 aliphatic heterocycles. The third-order valence-corrected chi connectivity index (χ3v) is 2.79. The highest BCUT2D eigenvalue weighted by molar-refractivity contribution is 5.94. The van der Waals surface area contributed by atoms with E-state index in [1.165, 1.54) is 6.92 Å². The second-order valence-corrected chi connectivity index (χ2v) is 4.10. The van der Waals surface area contributed by atoms with Crippen molar-refractivity contribution in [1.82, 2.24) is 4.90 Å². The van der Waals surface area contributed by atoms with E-state index in [9.17, 15) is 9.59 Å². The Morgan fingerprint density at radius 2 is 1.95 bits per heavy atom. The Labute approximate surface area is 112 Å². The average Bonchev–Trinajstić information content (AvgIpc) is 2.40. The predicted octanol–water partition coefficient (Wildman–Crippen LogP) is 2.02. The predicted molar refractivity (Wildman–Crippen MR) is 71.4 cm³/mol. The quantitative estimate of drug-likeness (QED) is 0.854. The molecule has 5 nitrogen and oxygen atoms in total. The highest BCUT2D eigenvalue weighted by Crippen LogP contribution is 2.16. The number of carbonyl (C=O) groups is 2. The summed E-state index contributed by atoms with van der Waals surface area (Å²) in [7, 11) is 0. The maximum absolute atomic E-state index is 12.1. The first-order chi connectivity index (χ1) is 8.99. The fourth-order valence-corrected chi connectivity index (χ4v) is 1.65. The van der Waals surface area contributed by atoms with Crippen LogP contribution in [0.25, 0.3) is 0 Å². The van der Waals surface area contributed by atoms with Gasteiger partial charge in [0, 0.05) is 18.7 Å². The van der Waals surface area contributed by atoms with E-state index in [4.69, 9.17) is 9.84 Å². The number of ether oxygens (including phenoxy) is 1. The van der Waals surface area contributed by atoms with Gasteiger partial charge in [-0.2, -0.15) is 0 Å². The molecule has 0 aromatic heterocycles. The van der Waals surface area contributed by atoms with Gasteiger partial charge in [0.05, 0.1) is 0 Å². The van der Waals surface area contributed by atoms with Gasteiger partial charge in [-0.1, -0.05) is 6.07 Å². The van der Waals surface area contributed by atoms with Crippen molar-refractivity contribution in [2.24, 2.45) is 0 Å². The van der Waals surface area contributed by atoms with E-state index >= 15 is 0 Å². The van der Waals surface area contributed by atoms with Crippen molar-refractivity contribution in [2.75, 3.05) is 13.1 Å². The summed E-state index contributed by atoms with van der Waals surface area (Å²) < 4.78 is 5.24. The molecule has 0 spiro atoms. The number of rotatable bonds is 6. The van der Waals surface area contributed by atoms with Crippen molar-refractivity contribution in [3.05, 3.63) is 29.8 Å². The molecule has 0 radical (unpaired) electrons. The molecule has 0 aliphatic rings. The molecule has 0 saturated heterocycles. The highest BCUT2D eigenvalue weighted by atomic mass is 16.5. The monoisotopic (exact) mass is 265 g/mol. The summed E-state index contributed by atoms with van der Waals surface area (Å²) >= 11 is 0. The first-order valence-corrected chi connectivity index (χ1v) is 6.28. The van der Waals surface area contributed by atoms with Gasteiger partial charge in [0.25, 0.3) is 5.91 Å². The van der Waals surface area contributed by atoms with Gasteiger partial charge in [-0.15, -0.1) is 0 Å². The molecular weight excluding hydrogens is 246 g/mol. The molecule has 0 aliphatic carbocycles. The zero-order valence-electron chi connectivity index (χ0n) is 11.4. The number of amides is 1. The average molecular weight is 265 g/mol. The first-order valence-electron chi connectivity index (χ1n) is 6.28. The number of hydrogen-bond donors (Lipinski definition) is 1. The fourth-order valence-electron chi connectivity index (χ4n) is 1.65. The minimum atomic E-state index is -1.04. The molecule has 0 saturated carbocycles. The molecule has 1 N–H and O–H groups in total. The van der Waals surface area contributed by atoms with Gasteiger partial charge in [-0.25, -0.2) is 4.79 Å². The third kappa shape index (κ3) is 3.98. The van der Waals surface area contributed by atoms with Crippen LogP contribution in [0, 0.1) is 0 Å². The minimum absolute atomic E-state index is 0.0848. The first kappa shape index (κ1) is 15.0. The number of hydrogen-bond acceptors (Lipinski definition) is 3. The molecule has 19 heavy (non-hydrogen) atoms. The van der Waals surface area contributed by atoms with Gasteiger partial charge in [0.1, 0.15) is 5.75 Å². The second-order valence-electron chi connectivity index (χ2n) is 4.10. The van der Waals surface area contributed by atoms with E-state index in [1.807, 2.05) is 13.8 Å². The van der Waals surface area contributed by atoms with Crippen LogP contribution >= 0.6 is 0 Å². The molecule has 1 amide bonds. The summed E-state index contributed by atoms with van der Waals surface area (Å²) in [6, 6.07) is 6.58. The molecule has 0 heterocycles. The molecule has 1 unspecified atom stereocenters. The van der Waals surface area contributed by atoms with Crippen molar-refractivity contribution in [3.8, 4) is 5.75 Å². The Morgan fingerprint density at radius 3 is 2.47 bits per heavy atom. The standard InChI is InChI=1S/C14H19NO4/c1-4-15(5-2)13(16)11-7-6-8-12(9-11)19-10(3)14(17)18/h6-10H,4-5H2,1-3H3,(H,17,18). The van der Waals surface area contributed by atoms with Crippen LogP contribution in [0.5, 0.6) is 5.75 Å². The maximum Gasteiger partial charge on any atom is 0.344 e. The van der Waals surface area contributed by atoms with Crippen LogP contribution in [0.3, 0.4) is 0 Å². The van der Waals surface area contributed by atoms with Crippen molar-refractivity contribution >= 4 is 11.9 Å². The van der Waals surface area contributed by atoms with Crippen LogP contribution in [0.1, 0.15) is 31.1 Å². The Balaban J connectivity index is 2.88. The van der Waals surface area contributed by atoms with Gasteiger partial charge in [-0.3, -0.25) is 4.79 Å². The number of benzene rings is 1. The number of aliphatic carboxylic acids is 1. The van der Waals surface area contributed by atoms with Crippen molar-refractivity contribution < 1.29 is 19.4 Å². The summed E-state index contributed by atoms with van der Waals surface area (Å²) in [4.78, 5) is 24.6. The molecule has 5 heteroatoms. The van der Waals surface area contributed by atoms with Gasteiger partial charge in [-0.05, 0) is 39.0 Å². The molecule has 1 aromatic carbocycles. The SMILES string of the molecule is CCN(CC)C(=O)c1cccc(OC(C)C(=O)O)c1. The number of carboxylic acid groups (broad SMARTS) is 1. The Morgan fingerprint density at radius 1 is 1.32 bits per heavy atom. The van der Waals surface area contributed by atoms with E-state index in [2.05, 4.69) is 0 Å². The zero-order chi connectivity index (χ0) is 14.4. The zero-order valence-corrected chi connectivity index (χ0v) is 11.4. The number of carboxylic acids is 1. The smallest absolute Gasteiger partial charge is 0.344 e. The van der Waals surface area contributed by atoms with Gasteiger partial charge in [0.2, 0.25) is 0 Å². The van der Waals surface area contributed by atoms with Crippen LogP contribution < -0.4 is 4.74 Å². The molecule has 1 rings (SSSR count). The lowest BCUT2D eigenvalue weighted by Crippen LogP contribution is -2.30. The second kappa shape index (κ2) is 6.78. The Bertz CT molecular complexity index is 455. The summed E-state index contributed by atoms with van der Waals surface area (Å²) in [6.45, 7) is 6.53. The molecule has 0 bridgehead atoms. The fraction of sp³-hybridized carbons (Fsp3) is 0.429. The van der Waals surface area contributed by atoms with Crippen LogP contribution in [0.15, 0.2) is 24.3 Å². The molecule has 1 aromatic rings. The van der Waals surface area contributed by atoms with E-state index in [1.54, 1.807) is 29.2 Å². The van der Waals surface area contributed by atoms with E-state index in [0.717, 1.165) is 0 Å². The summed E-state index contributed by atoms with van der Waals surface area (Å²) in [5, 5.41) is 8.79. The Hall–Kier alpha value is -2.04. The topological polar surface area (TPSA) is 66.8 Å². The van der Waals surface area contributed by atoms with Crippen LogP contribution in [0.4, 0.5) is 0 Å². The maximum atomic E-state index is 12.1. The Kier molecular flexibility index (Phi) is 5.36. The van der Waals surface area contributed by atoms with Gasteiger partial charge in [0.15, 0.2) is 6.10 Å². The lowest BCUT2D eigenvalue weighted by Gasteiger charge is -2.19. The summed E-state index contributed by atoms with van der Waals surface area (Å²) in [5.41, 5.74) is 0.499. The van der Waals surface area contributed by atoms with Crippen molar-refractivity contribution in [3.63, 3.8) is 0 Å². The number of carbonyl (C=O) groups excluding carboxylic acids is 1. The third-order valence-electron chi connectivity index (χ3n) is 2.79. The van der Waals surface area contributed by atoms with Crippen LogP contribution in [-0.4, -0.2) is 41.1 Å². The van der Waals surface area contributed by atoms with Gasteiger partial charge < -0.3 is 14.7 Å². The molecule has 1 atom stereocenters. The van der Waals surface area contributed by atoms with Crippen molar-refractivity contribution in [2.45, 2.75) is 26.9 Å². The van der Waals surface area contributed by atoms with Crippen molar-refractivity contribution in [1.29, 1.82) is 0 Å². The lowest BCUT2D eigenvalue weighted by molar-refractivity contribution is -0.144. The summed E-state index contributed by atoms with van der Waals surface area (Å²) in [6.07, 6.45) is -0.946. The number of nitrogens with zero attached hydrogens (tertiary/aromatic N) is 1. The normalized spacial score (nSPS) is 11.7. The van der Waals surface area contributed by atoms with Crippen LogP contribution in [0.2, 0.25) is 0 Å². The minimum Gasteiger partial charge on any atom is -0.479 e.